The molecule has 0 saturated heterocycles. The molecular formula is C21H23N3O2. The fraction of sp³-hybridized carbons (Fsp3) is 0.286. The zero-order valence-corrected chi connectivity index (χ0v) is 15.6. The minimum absolute atomic E-state index is 0.0584. The average molecular weight is 349 g/mol. The maximum Gasteiger partial charge on any atom is 0.254 e. The van der Waals surface area contributed by atoms with E-state index in [0.29, 0.717) is 17.3 Å². The molecule has 26 heavy (non-hydrogen) atoms. The van der Waals surface area contributed by atoms with Crippen LogP contribution in [0.2, 0.25) is 0 Å². The fourth-order valence-corrected chi connectivity index (χ4v) is 2.62. The van der Waals surface area contributed by atoms with Gasteiger partial charge in [0.2, 0.25) is 11.7 Å². The molecule has 0 fully saturated rings. The number of aromatic nitrogens is 2. The highest BCUT2D eigenvalue weighted by Gasteiger charge is 2.29. The summed E-state index contributed by atoms with van der Waals surface area (Å²) in [5, 5.41) is 4.04. The topological polar surface area (TPSA) is 59.2 Å². The third-order valence-electron chi connectivity index (χ3n) is 4.15. The molecule has 134 valence electrons. The Bertz CT molecular complexity index is 878. The second-order valence-electron chi connectivity index (χ2n) is 7.31. The molecule has 1 aromatic heterocycles. The number of carbonyl (C=O) groups is 1. The van der Waals surface area contributed by atoms with Gasteiger partial charge in [-0.3, -0.25) is 4.79 Å². The Morgan fingerprint density at radius 3 is 2.31 bits per heavy atom. The minimum atomic E-state index is -0.386. The standard InChI is InChI=1S/C21H23N3O2/c1-15-10-12-17(13-11-15)20(25)24(21(2,3)4)14-18-22-19(23-26-18)16-8-6-5-7-9-16/h5-13H,14H2,1-4H3. The Labute approximate surface area is 153 Å². The number of carbonyl (C=O) groups excluding carboxylic acids is 1. The molecule has 3 rings (SSSR count). The number of hydrogen-bond acceptors (Lipinski definition) is 4. The number of rotatable bonds is 4. The van der Waals surface area contributed by atoms with Gasteiger partial charge in [0.1, 0.15) is 6.54 Å². The summed E-state index contributed by atoms with van der Waals surface area (Å²) in [6.45, 7) is 8.24. The van der Waals surface area contributed by atoms with Crippen molar-refractivity contribution in [1.29, 1.82) is 0 Å². The molecule has 0 spiro atoms. The molecule has 0 saturated carbocycles. The molecule has 0 unspecified atom stereocenters. The van der Waals surface area contributed by atoms with Crippen LogP contribution in [0, 0.1) is 6.92 Å². The van der Waals surface area contributed by atoms with Crippen LogP contribution in [0.5, 0.6) is 0 Å². The quantitative estimate of drug-likeness (QED) is 0.696. The van der Waals surface area contributed by atoms with Gasteiger partial charge in [0.25, 0.3) is 5.91 Å². The predicted octanol–water partition coefficient (Wildman–Crippen LogP) is 4.49. The Balaban J connectivity index is 1.85. The maximum absolute atomic E-state index is 13.0. The van der Waals surface area contributed by atoms with E-state index in [0.717, 1.165) is 11.1 Å². The number of nitrogens with zero attached hydrogens (tertiary/aromatic N) is 3. The predicted molar refractivity (Wildman–Crippen MR) is 101 cm³/mol. The first kappa shape index (κ1) is 17.9. The van der Waals surface area contributed by atoms with E-state index in [1.165, 1.54) is 0 Å². The van der Waals surface area contributed by atoms with Gasteiger partial charge in [-0.25, -0.2) is 0 Å². The molecular weight excluding hydrogens is 326 g/mol. The maximum atomic E-state index is 13.0. The summed E-state index contributed by atoms with van der Waals surface area (Å²) >= 11 is 0. The Morgan fingerprint density at radius 1 is 1.04 bits per heavy atom. The molecule has 3 aromatic rings. The summed E-state index contributed by atoms with van der Waals surface area (Å²) in [4.78, 5) is 19.2. The van der Waals surface area contributed by atoms with Crippen molar-refractivity contribution in [3.63, 3.8) is 0 Å². The highest BCUT2D eigenvalue weighted by molar-refractivity contribution is 5.94. The molecule has 5 heteroatoms. The monoisotopic (exact) mass is 349 g/mol. The third-order valence-corrected chi connectivity index (χ3v) is 4.15. The van der Waals surface area contributed by atoms with Crippen LogP contribution in [0.4, 0.5) is 0 Å². The van der Waals surface area contributed by atoms with Gasteiger partial charge in [-0.2, -0.15) is 4.98 Å². The highest BCUT2D eigenvalue weighted by Crippen LogP contribution is 2.22. The van der Waals surface area contributed by atoms with E-state index in [2.05, 4.69) is 10.1 Å². The Morgan fingerprint density at radius 2 is 1.69 bits per heavy atom. The summed E-state index contributed by atoms with van der Waals surface area (Å²) in [5.41, 5.74) is 2.26. The number of hydrogen-bond donors (Lipinski definition) is 0. The molecule has 0 aliphatic carbocycles. The molecule has 5 nitrogen and oxygen atoms in total. The summed E-state index contributed by atoms with van der Waals surface area (Å²) in [7, 11) is 0. The molecule has 0 radical (unpaired) electrons. The van der Waals surface area contributed by atoms with Gasteiger partial charge in [-0.05, 0) is 39.8 Å². The van der Waals surface area contributed by atoms with Crippen molar-refractivity contribution >= 4 is 5.91 Å². The number of amides is 1. The molecule has 0 atom stereocenters. The first-order chi connectivity index (χ1) is 12.3. The summed E-state index contributed by atoms with van der Waals surface area (Å²) in [6, 6.07) is 17.2. The summed E-state index contributed by atoms with van der Waals surface area (Å²) < 4.78 is 5.39. The van der Waals surface area contributed by atoms with E-state index in [-0.39, 0.29) is 18.0 Å². The molecule has 0 aliphatic heterocycles. The Kier molecular flexibility index (Phi) is 4.89. The highest BCUT2D eigenvalue weighted by atomic mass is 16.5. The molecule has 1 heterocycles. The number of aryl methyl sites for hydroxylation is 1. The Hall–Kier alpha value is -2.95. The van der Waals surface area contributed by atoms with Crippen LogP contribution in [0.3, 0.4) is 0 Å². The van der Waals surface area contributed by atoms with Gasteiger partial charge in [-0.1, -0.05) is 53.2 Å². The van der Waals surface area contributed by atoms with Crippen LogP contribution in [0.1, 0.15) is 42.6 Å². The van der Waals surface area contributed by atoms with Gasteiger partial charge in [0.05, 0.1) is 0 Å². The van der Waals surface area contributed by atoms with Crippen LogP contribution in [-0.2, 0) is 6.54 Å². The van der Waals surface area contributed by atoms with Crippen LogP contribution >= 0.6 is 0 Å². The lowest BCUT2D eigenvalue weighted by Crippen LogP contribution is -2.45. The zero-order chi connectivity index (χ0) is 18.7. The van der Waals surface area contributed by atoms with Crippen LogP contribution in [0.15, 0.2) is 59.1 Å². The first-order valence-corrected chi connectivity index (χ1v) is 8.61. The van der Waals surface area contributed by atoms with Crippen LogP contribution in [0.25, 0.3) is 11.4 Å². The molecule has 0 aliphatic rings. The smallest absolute Gasteiger partial charge is 0.254 e. The van der Waals surface area contributed by atoms with Crippen molar-refractivity contribution in [2.24, 2.45) is 0 Å². The number of benzene rings is 2. The van der Waals surface area contributed by atoms with Crippen molar-refractivity contribution in [3.05, 3.63) is 71.6 Å². The van der Waals surface area contributed by atoms with E-state index in [9.17, 15) is 4.79 Å². The zero-order valence-electron chi connectivity index (χ0n) is 15.6. The SMILES string of the molecule is Cc1ccc(C(=O)N(Cc2nc(-c3ccccc3)no2)C(C)(C)C)cc1. The molecule has 1 amide bonds. The average Bonchev–Trinajstić information content (AvgIpc) is 3.08. The molecule has 2 aromatic carbocycles. The van der Waals surface area contributed by atoms with Crippen molar-refractivity contribution in [2.45, 2.75) is 39.8 Å². The lowest BCUT2D eigenvalue weighted by atomic mass is 10.0. The molecule has 0 N–H and O–H groups in total. The van der Waals surface area contributed by atoms with Crippen molar-refractivity contribution in [2.75, 3.05) is 0 Å². The largest absolute Gasteiger partial charge is 0.337 e. The van der Waals surface area contributed by atoms with Gasteiger partial charge in [0, 0.05) is 16.7 Å². The molecule has 0 bridgehead atoms. The fourth-order valence-electron chi connectivity index (χ4n) is 2.62. The van der Waals surface area contributed by atoms with E-state index in [1.807, 2.05) is 82.3 Å². The summed E-state index contributed by atoms with van der Waals surface area (Å²) in [6.07, 6.45) is 0. The van der Waals surface area contributed by atoms with Gasteiger partial charge >= 0.3 is 0 Å². The lowest BCUT2D eigenvalue weighted by Gasteiger charge is -2.34. The van der Waals surface area contributed by atoms with Gasteiger partial charge in [-0.15, -0.1) is 0 Å². The normalized spacial score (nSPS) is 11.4. The summed E-state index contributed by atoms with van der Waals surface area (Å²) in [5.74, 6) is 0.883. The van der Waals surface area contributed by atoms with Gasteiger partial charge in [0.15, 0.2) is 0 Å². The van der Waals surface area contributed by atoms with Crippen molar-refractivity contribution < 1.29 is 9.32 Å². The van der Waals surface area contributed by atoms with E-state index >= 15 is 0 Å². The van der Waals surface area contributed by atoms with Crippen LogP contribution < -0.4 is 0 Å². The van der Waals surface area contributed by atoms with Crippen molar-refractivity contribution in [1.82, 2.24) is 15.0 Å². The first-order valence-electron chi connectivity index (χ1n) is 8.61. The minimum Gasteiger partial charge on any atom is -0.337 e. The van der Waals surface area contributed by atoms with E-state index in [4.69, 9.17) is 4.52 Å². The lowest BCUT2D eigenvalue weighted by molar-refractivity contribution is 0.0526. The second kappa shape index (κ2) is 7.12. The van der Waals surface area contributed by atoms with Crippen LogP contribution in [-0.4, -0.2) is 26.5 Å². The van der Waals surface area contributed by atoms with E-state index < -0.39 is 0 Å². The van der Waals surface area contributed by atoms with Crippen molar-refractivity contribution in [3.8, 4) is 11.4 Å². The second-order valence-corrected chi connectivity index (χ2v) is 7.31. The van der Waals surface area contributed by atoms with E-state index in [1.54, 1.807) is 4.90 Å². The third kappa shape index (κ3) is 3.99. The van der Waals surface area contributed by atoms with Gasteiger partial charge < -0.3 is 9.42 Å².